The number of halogens is 3. The van der Waals surface area contributed by atoms with Crippen LogP contribution in [0, 0.1) is 6.92 Å². The van der Waals surface area contributed by atoms with Gasteiger partial charge in [-0.05, 0) is 67.8 Å². The van der Waals surface area contributed by atoms with E-state index < -0.39 is 17.7 Å². The van der Waals surface area contributed by atoms with Crippen molar-refractivity contribution >= 4 is 5.97 Å². The number of methoxy groups -OCH3 is 1. The molecule has 36 heavy (non-hydrogen) atoms. The van der Waals surface area contributed by atoms with Crippen LogP contribution in [0.4, 0.5) is 13.2 Å². The summed E-state index contributed by atoms with van der Waals surface area (Å²) in [5.74, 6) is 0.576. The Morgan fingerprint density at radius 2 is 1.75 bits per heavy atom. The van der Waals surface area contributed by atoms with Gasteiger partial charge in [0.1, 0.15) is 17.2 Å². The minimum atomic E-state index is -4.49. The monoisotopic (exact) mass is 502 g/mol. The first-order valence-corrected chi connectivity index (χ1v) is 11.5. The molecule has 0 aliphatic carbocycles. The summed E-state index contributed by atoms with van der Waals surface area (Å²) in [6.07, 6.45) is -3.82. The van der Waals surface area contributed by atoms with Gasteiger partial charge in [-0.1, -0.05) is 24.3 Å². The average Bonchev–Trinajstić information content (AvgIpc) is 2.83. The Labute approximate surface area is 208 Å². The summed E-state index contributed by atoms with van der Waals surface area (Å²) in [6.45, 7) is 4.06. The van der Waals surface area contributed by atoms with E-state index in [1.54, 1.807) is 30.3 Å². The third-order valence-electron chi connectivity index (χ3n) is 5.75. The van der Waals surface area contributed by atoms with Crippen molar-refractivity contribution in [2.45, 2.75) is 45.4 Å². The summed E-state index contributed by atoms with van der Waals surface area (Å²) in [7, 11) is 1.47. The van der Waals surface area contributed by atoms with Gasteiger partial charge in [0, 0.05) is 24.0 Å². The molecule has 192 valence electrons. The van der Waals surface area contributed by atoms with E-state index in [-0.39, 0.29) is 12.5 Å². The predicted molar refractivity (Wildman–Crippen MR) is 131 cm³/mol. The summed E-state index contributed by atoms with van der Waals surface area (Å²) >= 11 is 0. The standard InChI is InChI=1S/C28H29F3O5/c1-18-16-22(11-8-20(18)9-13-27(32)33)35-15-14-19(2)36-26-12-10-21(28(29,30)31)17-24(26)23-6-4-5-7-25(23)34-3/h4-8,10-12,16-17,19H,9,13-15H2,1-3H3,(H,32,33). The van der Waals surface area contributed by atoms with Gasteiger partial charge in [0.2, 0.25) is 0 Å². The second-order valence-corrected chi connectivity index (χ2v) is 8.46. The Kier molecular flexibility index (Phi) is 8.85. The maximum atomic E-state index is 13.4. The number of benzene rings is 3. The Hall–Kier alpha value is -3.68. The Morgan fingerprint density at radius 1 is 1.00 bits per heavy atom. The van der Waals surface area contributed by atoms with E-state index in [0.29, 0.717) is 47.8 Å². The van der Waals surface area contributed by atoms with Crippen molar-refractivity contribution in [3.05, 3.63) is 77.4 Å². The lowest BCUT2D eigenvalue weighted by Crippen LogP contribution is -2.16. The number of carboxylic acids is 1. The topological polar surface area (TPSA) is 65.0 Å². The highest BCUT2D eigenvalue weighted by molar-refractivity contribution is 5.76. The molecule has 0 aliphatic rings. The summed E-state index contributed by atoms with van der Waals surface area (Å²) < 4.78 is 57.4. The van der Waals surface area contributed by atoms with E-state index in [9.17, 15) is 18.0 Å². The molecule has 8 heteroatoms. The van der Waals surface area contributed by atoms with Crippen LogP contribution in [0.15, 0.2) is 60.7 Å². The number of carboxylic acid groups (broad SMARTS) is 1. The molecule has 0 fully saturated rings. The lowest BCUT2D eigenvalue weighted by Gasteiger charge is -2.20. The fourth-order valence-corrected chi connectivity index (χ4v) is 3.79. The first-order chi connectivity index (χ1) is 17.1. The number of aryl methyl sites for hydroxylation is 2. The van der Waals surface area contributed by atoms with E-state index in [0.717, 1.165) is 23.3 Å². The Balaban J connectivity index is 1.69. The predicted octanol–water partition coefficient (Wildman–Crippen LogP) is 6.94. The van der Waals surface area contributed by atoms with E-state index in [2.05, 4.69) is 0 Å². The average molecular weight is 503 g/mol. The molecule has 0 bridgehead atoms. The van der Waals surface area contributed by atoms with Crippen LogP contribution in [-0.4, -0.2) is 30.9 Å². The molecule has 0 saturated heterocycles. The quantitative estimate of drug-likeness (QED) is 0.308. The molecule has 0 amide bonds. The molecule has 3 rings (SSSR count). The first-order valence-electron chi connectivity index (χ1n) is 11.5. The zero-order valence-corrected chi connectivity index (χ0v) is 20.4. The molecule has 1 unspecified atom stereocenters. The Morgan fingerprint density at radius 3 is 2.42 bits per heavy atom. The number of hydrogen-bond acceptors (Lipinski definition) is 4. The smallest absolute Gasteiger partial charge is 0.416 e. The van der Waals surface area contributed by atoms with Gasteiger partial charge in [0.25, 0.3) is 0 Å². The molecule has 1 N–H and O–H groups in total. The Bertz CT molecular complexity index is 1190. The third kappa shape index (κ3) is 7.16. The largest absolute Gasteiger partial charge is 0.496 e. The molecule has 3 aromatic carbocycles. The molecule has 1 atom stereocenters. The number of rotatable bonds is 11. The minimum absolute atomic E-state index is 0.0662. The summed E-state index contributed by atoms with van der Waals surface area (Å²) in [5.41, 5.74) is 1.93. The number of aliphatic carboxylic acids is 1. The lowest BCUT2D eigenvalue weighted by molar-refractivity contribution is -0.138. The summed E-state index contributed by atoms with van der Waals surface area (Å²) in [4.78, 5) is 10.8. The molecular weight excluding hydrogens is 473 g/mol. The van der Waals surface area contributed by atoms with Gasteiger partial charge in [-0.2, -0.15) is 13.2 Å². The molecule has 5 nitrogen and oxygen atoms in total. The highest BCUT2D eigenvalue weighted by atomic mass is 19.4. The first kappa shape index (κ1) is 26.9. The molecule has 0 saturated carbocycles. The zero-order chi connectivity index (χ0) is 26.3. The summed E-state index contributed by atoms with van der Waals surface area (Å²) in [6, 6.07) is 15.8. The van der Waals surface area contributed by atoms with E-state index in [1.807, 2.05) is 26.0 Å². The van der Waals surface area contributed by atoms with Crippen LogP contribution in [0.1, 0.15) is 36.5 Å². The van der Waals surface area contributed by atoms with E-state index in [4.69, 9.17) is 19.3 Å². The van der Waals surface area contributed by atoms with E-state index >= 15 is 0 Å². The van der Waals surface area contributed by atoms with Gasteiger partial charge in [-0.15, -0.1) is 0 Å². The van der Waals surface area contributed by atoms with E-state index in [1.165, 1.54) is 13.2 Å². The molecule has 3 aromatic rings. The van der Waals surface area contributed by atoms with Crippen molar-refractivity contribution in [1.29, 1.82) is 0 Å². The van der Waals surface area contributed by atoms with Crippen molar-refractivity contribution in [2.75, 3.05) is 13.7 Å². The minimum Gasteiger partial charge on any atom is -0.496 e. The van der Waals surface area contributed by atoms with Crippen molar-refractivity contribution in [3.8, 4) is 28.4 Å². The number of alkyl halides is 3. The van der Waals surface area contributed by atoms with Gasteiger partial charge in [0.15, 0.2) is 0 Å². The van der Waals surface area contributed by atoms with Crippen molar-refractivity contribution in [1.82, 2.24) is 0 Å². The highest BCUT2D eigenvalue weighted by Crippen LogP contribution is 2.41. The number of carbonyl (C=O) groups is 1. The van der Waals surface area contributed by atoms with Gasteiger partial charge in [-0.3, -0.25) is 4.79 Å². The molecule has 0 aromatic heterocycles. The van der Waals surface area contributed by atoms with Crippen molar-refractivity contribution < 1.29 is 37.3 Å². The van der Waals surface area contributed by atoms with Crippen LogP contribution in [0.3, 0.4) is 0 Å². The molecule has 0 spiro atoms. The van der Waals surface area contributed by atoms with Crippen molar-refractivity contribution in [3.63, 3.8) is 0 Å². The van der Waals surface area contributed by atoms with Gasteiger partial charge in [-0.25, -0.2) is 0 Å². The van der Waals surface area contributed by atoms with Crippen LogP contribution in [0.25, 0.3) is 11.1 Å². The lowest BCUT2D eigenvalue weighted by atomic mass is 10.0. The SMILES string of the molecule is COc1ccccc1-c1cc(C(F)(F)F)ccc1OC(C)CCOc1ccc(CCC(=O)O)c(C)c1. The number of para-hydroxylation sites is 1. The van der Waals surface area contributed by atoms with Crippen LogP contribution in [0.2, 0.25) is 0 Å². The maximum absolute atomic E-state index is 13.4. The fourth-order valence-electron chi connectivity index (χ4n) is 3.79. The second-order valence-electron chi connectivity index (χ2n) is 8.46. The molecule has 0 radical (unpaired) electrons. The third-order valence-corrected chi connectivity index (χ3v) is 5.75. The summed E-state index contributed by atoms with van der Waals surface area (Å²) in [5, 5.41) is 8.86. The van der Waals surface area contributed by atoms with Gasteiger partial charge in [0.05, 0.1) is 25.4 Å². The molecule has 0 aliphatic heterocycles. The van der Waals surface area contributed by atoms with Crippen LogP contribution >= 0.6 is 0 Å². The molecular formula is C28H29F3O5. The van der Waals surface area contributed by atoms with Gasteiger partial charge >= 0.3 is 12.1 Å². The second kappa shape index (κ2) is 11.8. The molecule has 0 heterocycles. The van der Waals surface area contributed by atoms with Gasteiger partial charge < -0.3 is 19.3 Å². The normalized spacial score (nSPS) is 12.2. The zero-order valence-electron chi connectivity index (χ0n) is 20.4. The highest BCUT2D eigenvalue weighted by Gasteiger charge is 2.31. The number of ether oxygens (including phenoxy) is 3. The maximum Gasteiger partial charge on any atom is 0.416 e. The van der Waals surface area contributed by atoms with Crippen LogP contribution in [0.5, 0.6) is 17.2 Å². The van der Waals surface area contributed by atoms with Crippen molar-refractivity contribution in [2.24, 2.45) is 0 Å². The number of hydrogen-bond donors (Lipinski definition) is 1. The fraction of sp³-hybridized carbons (Fsp3) is 0.321. The van der Waals surface area contributed by atoms with Crippen LogP contribution < -0.4 is 14.2 Å². The van der Waals surface area contributed by atoms with Crippen LogP contribution in [-0.2, 0) is 17.4 Å².